The van der Waals surface area contributed by atoms with Gasteiger partial charge in [-0.1, -0.05) is 416 Å². The van der Waals surface area contributed by atoms with Gasteiger partial charge in [-0.3, -0.25) is 0 Å². The van der Waals surface area contributed by atoms with E-state index in [2.05, 4.69) is 428 Å². The molecule has 0 nitrogen and oxygen atoms in total. The summed E-state index contributed by atoms with van der Waals surface area (Å²) in [5.74, 6) is 0. The van der Waals surface area contributed by atoms with Crippen molar-refractivity contribution in [2.24, 2.45) is 0 Å². The first-order chi connectivity index (χ1) is 57.1. The molecule has 0 spiro atoms. The van der Waals surface area contributed by atoms with E-state index in [1.807, 2.05) is 0 Å². The van der Waals surface area contributed by atoms with Crippen molar-refractivity contribution in [2.45, 2.75) is 38.5 Å². The molecule has 0 saturated heterocycles. The van der Waals surface area contributed by atoms with E-state index in [0.717, 1.165) is 0 Å². The van der Waals surface area contributed by atoms with Gasteiger partial charge in [0.2, 0.25) is 0 Å². The van der Waals surface area contributed by atoms with Crippen LogP contribution < -0.4 is 0 Å². The monoisotopic (exact) mass is 1470 g/mol. The molecule has 2 aliphatic rings. The highest BCUT2D eigenvalue weighted by Crippen LogP contribution is 2.60. The molecule has 0 unspecified atom stereocenters. The third-order valence-corrected chi connectivity index (χ3v) is 26.2. The lowest BCUT2D eigenvalue weighted by Crippen LogP contribution is -2.17. The Kier molecular flexibility index (Phi) is 15.2. The normalized spacial score (nSPS) is 13.1. The standard InChI is InChI=1S/C59H40.C57H38/c1-59(2)57-44(27-14-28-53(57)56-47-21-7-5-19-45(47)46-20-6-12-26-52(46)58(56)59)38-30-32-39(33-31-38)54-48-22-8-10-24-50(48)55(51-25-11-9-23-49(51)54)43-18-13-17-41(36-43)42-34-29-37-15-3-4-16-40(37)35-42;1-57(2)55-39(25-13-28-51(55)54-45-19-7-5-17-41(45)42-18-6-12-24-50(42)56(54)57)36-29-31-37(32-30-36)52-46-20-8-10-22-48(46)53(49-23-11-9-21-47(49)52)44-27-14-26-40-38-16-4-3-15-35(38)33-34-43(40)44/h3-36H,1-2H3;3-34H,1-2H3. The molecule has 116 heavy (non-hydrogen) atoms. The topological polar surface area (TPSA) is 0 Å². The van der Waals surface area contributed by atoms with E-state index in [1.54, 1.807) is 0 Å². The van der Waals surface area contributed by atoms with Gasteiger partial charge in [0.05, 0.1) is 0 Å². The molecule has 22 aromatic carbocycles. The summed E-state index contributed by atoms with van der Waals surface area (Å²) < 4.78 is 0. The summed E-state index contributed by atoms with van der Waals surface area (Å²) >= 11 is 0. The number of benzene rings is 22. The van der Waals surface area contributed by atoms with Gasteiger partial charge in [0.15, 0.2) is 0 Å². The van der Waals surface area contributed by atoms with Crippen LogP contribution in [-0.4, -0.2) is 0 Å². The van der Waals surface area contributed by atoms with Crippen LogP contribution in [0.5, 0.6) is 0 Å². The molecular formula is C116H78. The van der Waals surface area contributed by atoms with Crippen molar-refractivity contribution in [1.82, 2.24) is 0 Å². The summed E-state index contributed by atoms with van der Waals surface area (Å²) in [6, 6.07) is 149. The second-order valence-electron chi connectivity index (χ2n) is 33.1. The van der Waals surface area contributed by atoms with Crippen molar-refractivity contribution in [3.63, 3.8) is 0 Å². The fraction of sp³-hybridized carbons (Fsp3) is 0.0517. The van der Waals surface area contributed by atoms with Crippen LogP contribution in [0.25, 0.3) is 219 Å². The second-order valence-corrected chi connectivity index (χ2v) is 33.1. The van der Waals surface area contributed by atoms with Crippen LogP contribution in [0.15, 0.2) is 400 Å². The van der Waals surface area contributed by atoms with Gasteiger partial charge in [-0.25, -0.2) is 0 Å². The molecule has 0 heterocycles. The Bertz CT molecular complexity index is 7810. The van der Waals surface area contributed by atoms with E-state index in [0.29, 0.717) is 0 Å². The van der Waals surface area contributed by atoms with Gasteiger partial charge in [0, 0.05) is 10.8 Å². The number of rotatable bonds is 7. The molecule has 0 bridgehead atoms. The van der Waals surface area contributed by atoms with E-state index >= 15 is 0 Å². The van der Waals surface area contributed by atoms with Crippen molar-refractivity contribution in [2.75, 3.05) is 0 Å². The van der Waals surface area contributed by atoms with E-state index in [9.17, 15) is 0 Å². The van der Waals surface area contributed by atoms with Gasteiger partial charge in [-0.2, -0.15) is 0 Å². The minimum Gasteiger partial charge on any atom is -0.0616 e. The first-order valence-corrected chi connectivity index (χ1v) is 40.9. The summed E-state index contributed by atoms with van der Waals surface area (Å²) in [5.41, 5.74) is 28.5. The molecule has 0 amide bonds. The fourth-order valence-corrected chi connectivity index (χ4v) is 21.3. The second kappa shape index (κ2) is 26.1. The lowest BCUT2D eigenvalue weighted by atomic mass is 9.76. The molecule has 0 radical (unpaired) electrons. The molecule has 22 aromatic rings. The van der Waals surface area contributed by atoms with Gasteiger partial charge in [-0.05, 0) is 253 Å². The molecule has 0 N–H and O–H groups in total. The summed E-state index contributed by atoms with van der Waals surface area (Å²) in [6.45, 7) is 9.70. The first kappa shape index (κ1) is 67.4. The molecule has 0 aliphatic heterocycles. The van der Waals surface area contributed by atoms with Crippen molar-refractivity contribution in [3.8, 4) is 100 Å². The molecule has 2 aliphatic carbocycles. The molecule has 0 atom stereocenters. The summed E-state index contributed by atoms with van der Waals surface area (Å²) in [5, 5.41) is 28.5. The predicted molar refractivity (Wildman–Crippen MR) is 499 cm³/mol. The van der Waals surface area contributed by atoms with Gasteiger partial charge < -0.3 is 0 Å². The van der Waals surface area contributed by atoms with Crippen LogP contribution in [0.1, 0.15) is 49.9 Å². The smallest absolute Gasteiger partial charge is 0.0171 e. The summed E-state index contributed by atoms with van der Waals surface area (Å²) in [6.07, 6.45) is 0. The van der Waals surface area contributed by atoms with E-state index < -0.39 is 0 Å². The molecule has 0 saturated carbocycles. The van der Waals surface area contributed by atoms with Crippen LogP contribution in [-0.2, 0) is 10.8 Å². The highest BCUT2D eigenvalue weighted by Gasteiger charge is 2.42. The number of fused-ring (bicyclic) bond motifs is 24. The van der Waals surface area contributed by atoms with Gasteiger partial charge in [0.1, 0.15) is 0 Å². The zero-order chi connectivity index (χ0) is 77.1. The minimum atomic E-state index is -0.183. The Morgan fingerprint density at radius 1 is 0.129 bits per heavy atom. The van der Waals surface area contributed by atoms with Gasteiger partial charge in [0.25, 0.3) is 0 Å². The third-order valence-electron chi connectivity index (χ3n) is 26.2. The Hall–Kier alpha value is -14.3. The predicted octanol–water partition coefficient (Wildman–Crippen LogP) is 32.3. The van der Waals surface area contributed by atoms with Crippen molar-refractivity contribution in [3.05, 3.63) is 423 Å². The first-order valence-electron chi connectivity index (χ1n) is 40.9. The summed E-state index contributed by atoms with van der Waals surface area (Å²) in [7, 11) is 0. The highest BCUT2D eigenvalue weighted by molar-refractivity contribution is 6.27. The maximum absolute atomic E-state index is 2.43. The molecule has 0 heteroatoms. The molecule has 24 rings (SSSR count). The Morgan fingerprint density at radius 2 is 0.405 bits per heavy atom. The SMILES string of the molecule is CC1(C)c2c(-c3ccc(-c4c5ccccc5c(-c5cccc(-c6ccc7ccccc7c6)c5)c5ccccc45)cc3)cccc2-c2c1c1ccccc1c1ccccc21.CC1(C)c2c(-c3ccc(-c4c5ccccc5c(-c5cccc6c5ccc5ccccc56)c5ccccc45)cc3)cccc2-c2c1c1ccccc1c1ccccc21. The fourth-order valence-electron chi connectivity index (χ4n) is 21.3. The zero-order valence-electron chi connectivity index (χ0n) is 65.1. The lowest BCUT2D eigenvalue weighted by Gasteiger charge is -2.26. The van der Waals surface area contributed by atoms with E-state index in [1.165, 1.54) is 241 Å². The highest BCUT2D eigenvalue weighted by atomic mass is 14.4. The molecular weight excluding hydrogens is 1390 g/mol. The Balaban J connectivity index is 0.000000137. The van der Waals surface area contributed by atoms with Gasteiger partial charge in [-0.15, -0.1) is 0 Å². The maximum Gasteiger partial charge on any atom is 0.0171 e. The Morgan fingerprint density at radius 3 is 0.862 bits per heavy atom. The van der Waals surface area contributed by atoms with Crippen LogP contribution in [0.4, 0.5) is 0 Å². The average molecular weight is 1470 g/mol. The van der Waals surface area contributed by atoms with Crippen LogP contribution in [0.3, 0.4) is 0 Å². The lowest BCUT2D eigenvalue weighted by molar-refractivity contribution is 0.668. The largest absolute Gasteiger partial charge is 0.0616 e. The van der Waals surface area contributed by atoms with Crippen molar-refractivity contribution in [1.29, 1.82) is 0 Å². The number of hydrogen-bond donors (Lipinski definition) is 0. The van der Waals surface area contributed by atoms with Crippen LogP contribution >= 0.6 is 0 Å². The summed E-state index contributed by atoms with van der Waals surface area (Å²) in [4.78, 5) is 0. The average Bonchev–Trinajstić information content (AvgIpc) is 1.43. The quantitative estimate of drug-likeness (QED) is 0.110. The maximum atomic E-state index is 2.43. The third kappa shape index (κ3) is 10.1. The van der Waals surface area contributed by atoms with E-state index in [4.69, 9.17) is 0 Å². The Labute approximate surface area is 675 Å². The van der Waals surface area contributed by atoms with Crippen molar-refractivity contribution < 1.29 is 0 Å². The van der Waals surface area contributed by atoms with Crippen LogP contribution in [0, 0.1) is 0 Å². The van der Waals surface area contributed by atoms with Gasteiger partial charge >= 0.3 is 0 Å². The molecule has 0 aromatic heterocycles. The minimum absolute atomic E-state index is 0.181. The number of hydrogen-bond acceptors (Lipinski definition) is 0. The van der Waals surface area contributed by atoms with Crippen LogP contribution in [0.2, 0.25) is 0 Å². The molecule has 0 fully saturated rings. The van der Waals surface area contributed by atoms with E-state index in [-0.39, 0.29) is 10.8 Å². The zero-order valence-corrected chi connectivity index (χ0v) is 65.1. The van der Waals surface area contributed by atoms with Crippen molar-refractivity contribution >= 4 is 118 Å². The molecule has 542 valence electrons.